The summed E-state index contributed by atoms with van der Waals surface area (Å²) in [5.74, 6) is -0.548. The maximum absolute atomic E-state index is 13.2. The van der Waals surface area contributed by atoms with E-state index in [1.54, 1.807) is 11.8 Å². The van der Waals surface area contributed by atoms with Crippen LogP contribution in [0.15, 0.2) is 24.3 Å². The van der Waals surface area contributed by atoms with Gasteiger partial charge in [-0.15, -0.1) is 11.3 Å². The number of ether oxygens (including phenoxy) is 1. The van der Waals surface area contributed by atoms with Crippen molar-refractivity contribution in [3.05, 3.63) is 51.1 Å². The van der Waals surface area contributed by atoms with Crippen LogP contribution in [0.4, 0.5) is 4.79 Å². The summed E-state index contributed by atoms with van der Waals surface area (Å²) in [6.07, 6.45) is 0.884. The molecule has 0 saturated carbocycles. The number of piperidine rings is 1. The van der Waals surface area contributed by atoms with Gasteiger partial charge < -0.3 is 30.2 Å². The SMILES string of the molecule is CCOC(=O)N1CC[C@@H](NC(=O)c2nc3c(s2)CN(C)CC3)[C@@H](NC(=O)c2cc3cc(C)ccc3[nH]2)C1. The predicted molar refractivity (Wildman–Crippen MR) is 141 cm³/mol. The maximum atomic E-state index is 13.2. The van der Waals surface area contributed by atoms with Gasteiger partial charge in [-0.2, -0.15) is 0 Å². The summed E-state index contributed by atoms with van der Waals surface area (Å²) >= 11 is 1.42. The zero-order valence-corrected chi connectivity index (χ0v) is 22.1. The highest BCUT2D eigenvalue weighted by Gasteiger charge is 2.35. The van der Waals surface area contributed by atoms with Crippen LogP contribution in [0.5, 0.6) is 0 Å². The summed E-state index contributed by atoms with van der Waals surface area (Å²) in [6.45, 7) is 6.39. The number of aromatic amines is 1. The molecule has 0 bridgehead atoms. The second kappa shape index (κ2) is 10.5. The van der Waals surface area contributed by atoms with Gasteiger partial charge in [-0.3, -0.25) is 9.59 Å². The van der Waals surface area contributed by atoms with Gasteiger partial charge >= 0.3 is 6.09 Å². The van der Waals surface area contributed by atoms with Crippen molar-refractivity contribution in [1.82, 2.24) is 30.4 Å². The second-order valence-electron chi connectivity index (χ2n) is 9.74. The topological polar surface area (TPSA) is 120 Å². The third-order valence-electron chi connectivity index (χ3n) is 6.91. The Hall–Kier alpha value is -3.44. The van der Waals surface area contributed by atoms with Crippen LogP contribution in [-0.2, 0) is 17.7 Å². The van der Waals surface area contributed by atoms with E-state index in [0.717, 1.165) is 46.5 Å². The summed E-state index contributed by atoms with van der Waals surface area (Å²) in [5, 5.41) is 7.50. The van der Waals surface area contributed by atoms with Gasteiger partial charge in [0, 0.05) is 48.4 Å². The van der Waals surface area contributed by atoms with E-state index in [2.05, 4.69) is 32.5 Å². The van der Waals surface area contributed by atoms with E-state index < -0.39 is 12.1 Å². The fourth-order valence-corrected chi connectivity index (χ4v) is 6.01. The molecule has 10 nitrogen and oxygen atoms in total. The molecule has 2 aliphatic heterocycles. The molecule has 1 fully saturated rings. The van der Waals surface area contributed by atoms with Crippen LogP contribution in [-0.4, -0.2) is 83.0 Å². The van der Waals surface area contributed by atoms with E-state index in [-0.39, 0.29) is 31.0 Å². The molecule has 2 aromatic heterocycles. The van der Waals surface area contributed by atoms with Crippen LogP contribution in [0.25, 0.3) is 10.9 Å². The molecule has 2 atom stereocenters. The van der Waals surface area contributed by atoms with Gasteiger partial charge in [0.25, 0.3) is 11.8 Å². The number of aryl methyl sites for hydroxylation is 1. The van der Waals surface area contributed by atoms with Crippen molar-refractivity contribution >= 4 is 40.1 Å². The van der Waals surface area contributed by atoms with Crippen LogP contribution in [0.2, 0.25) is 0 Å². The Kier molecular flexibility index (Phi) is 7.16. The monoisotopic (exact) mass is 524 g/mol. The van der Waals surface area contributed by atoms with Gasteiger partial charge in [0.2, 0.25) is 0 Å². The minimum absolute atomic E-state index is 0.230. The molecule has 5 rings (SSSR count). The number of nitrogens with zero attached hydrogens (tertiary/aromatic N) is 3. The van der Waals surface area contributed by atoms with Crippen LogP contribution >= 0.6 is 11.3 Å². The number of benzene rings is 1. The Labute approximate surface area is 219 Å². The lowest BCUT2D eigenvalue weighted by Gasteiger charge is -2.38. The number of amides is 3. The lowest BCUT2D eigenvalue weighted by atomic mass is 9.99. The second-order valence-corrected chi connectivity index (χ2v) is 10.8. The van der Waals surface area contributed by atoms with Crippen LogP contribution in [0, 0.1) is 6.92 Å². The Morgan fingerprint density at radius 2 is 1.97 bits per heavy atom. The number of H-pyrrole nitrogens is 1. The highest BCUT2D eigenvalue weighted by molar-refractivity contribution is 7.13. The Morgan fingerprint density at radius 3 is 2.78 bits per heavy atom. The molecular formula is C26H32N6O4S. The number of likely N-dealkylation sites (N-methyl/N-ethyl adjacent to an activating group) is 1. The van der Waals surface area contributed by atoms with E-state index in [1.807, 2.05) is 31.2 Å². The molecule has 0 aliphatic carbocycles. The largest absolute Gasteiger partial charge is 0.450 e. The molecule has 2 aliphatic rings. The molecular weight excluding hydrogens is 492 g/mol. The van der Waals surface area contributed by atoms with Crippen molar-refractivity contribution in [2.75, 3.05) is 33.3 Å². The number of hydrogen-bond donors (Lipinski definition) is 3. The van der Waals surface area contributed by atoms with Gasteiger partial charge in [-0.05, 0) is 45.5 Å². The van der Waals surface area contributed by atoms with Crippen molar-refractivity contribution in [3.8, 4) is 0 Å². The standard InChI is InChI=1S/C26H32N6O4S/c1-4-36-26(35)32-10-8-18(28-24(34)25-30-19-7-9-31(3)14-22(19)37-25)21(13-32)29-23(33)20-12-16-11-15(2)5-6-17(16)27-20/h5-6,11-12,18,21,27H,4,7-10,13-14H2,1-3H3,(H,28,34)(H,29,33)/t18-,21+/m1/s1. The number of carbonyl (C=O) groups excluding carboxylic acids is 3. The third-order valence-corrected chi connectivity index (χ3v) is 7.99. The molecule has 3 amide bonds. The molecule has 3 aromatic rings. The van der Waals surface area contributed by atoms with Gasteiger partial charge in [0.05, 0.1) is 24.4 Å². The molecule has 0 unspecified atom stereocenters. The highest BCUT2D eigenvalue weighted by Crippen LogP contribution is 2.25. The zero-order valence-electron chi connectivity index (χ0n) is 21.3. The molecule has 3 N–H and O–H groups in total. The quantitative estimate of drug-likeness (QED) is 0.472. The van der Waals surface area contributed by atoms with E-state index in [0.29, 0.717) is 23.7 Å². The molecule has 0 radical (unpaired) electrons. The normalized spacial score (nSPS) is 19.9. The van der Waals surface area contributed by atoms with Crippen molar-refractivity contribution in [1.29, 1.82) is 0 Å². The minimum atomic E-state index is -0.497. The van der Waals surface area contributed by atoms with E-state index in [1.165, 1.54) is 11.3 Å². The van der Waals surface area contributed by atoms with Crippen molar-refractivity contribution < 1.29 is 19.1 Å². The number of likely N-dealkylation sites (tertiary alicyclic amines) is 1. The number of rotatable bonds is 5. The van der Waals surface area contributed by atoms with Crippen LogP contribution < -0.4 is 10.6 Å². The Morgan fingerprint density at radius 1 is 1.16 bits per heavy atom. The number of hydrogen-bond acceptors (Lipinski definition) is 7. The molecule has 11 heteroatoms. The lowest BCUT2D eigenvalue weighted by molar-refractivity contribution is 0.0720. The zero-order chi connectivity index (χ0) is 26.1. The first-order valence-electron chi connectivity index (χ1n) is 12.6. The Balaban J connectivity index is 1.33. The number of thiazole rings is 1. The first-order valence-corrected chi connectivity index (χ1v) is 13.4. The molecule has 4 heterocycles. The van der Waals surface area contributed by atoms with E-state index >= 15 is 0 Å². The number of fused-ring (bicyclic) bond motifs is 2. The van der Waals surface area contributed by atoms with Crippen LogP contribution in [0.3, 0.4) is 0 Å². The minimum Gasteiger partial charge on any atom is -0.450 e. The summed E-state index contributed by atoms with van der Waals surface area (Å²) in [6, 6.07) is 6.90. The maximum Gasteiger partial charge on any atom is 0.409 e. The average molecular weight is 525 g/mol. The average Bonchev–Trinajstić information content (AvgIpc) is 3.49. The number of carbonyl (C=O) groups is 3. The van der Waals surface area contributed by atoms with Crippen LogP contribution in [0.1, 0.15) is 49.8 Å². The summed E-state index contributed by atoms with van der Waals surface area (Å²) in [5.41, 5.74) is 3.39. The molecule has 37 heavy (non-hydrogen) atoms. The third kappa shape index (κ3) is 5.47. The first-order chi connectivity index (χ1) is 17.8. The van der Waals surface area contributed by atoms with Crippen molar-refractivity contribution in [2.45, 2.75) is 45.3 Å². The number of aromatic nitrogens is 2. The molecule has 1 aromatic carbocycles. The number of nitrogens with one attached hydrogen (secondary N) is 3. The van der Waals surface area contributed by atoms with Crippen molar-refractivity contribution in [2.24, 2.45) is 0 Å². The van der Waals surface area contributed by atoms with E-state index in [4.69, 9.17) is 4.74 Å². The Bertz CT molecular complexity index is 1330. The molecule has 0 spiro atoms. The fourth-order valence-electron chi connectivity index (χ4n) is 4.92. The lowest BCUT2D eigenvalue weighted by Crippen LogP contribution is -2.61. The predicted octanol–water partition coefficient (Wildman–Crippen LogP) is 2.68. The van der Waals surface area contributed by atoms with Gasteiger partial charge in [-0.25, -0.2) is 9.78 Å². The summed E-state index contributed by atoms with van der Waals surface area (Å²) in [4.78, 5) is 51.5. The van der Waals surface area contributed by atoms with Gasteiger partial charge in [0.1, 0.15) is 5.69 Å². The summed E-state index contributed by atoms with van der Waals surface area (Å²) in [7, 11) is 2.06. The van der Waals surface area contributed by atoms with Gasteiger partial charge in [-0.1, -0.05) is 11.6 Å². The first kappa shape index (κ1) is 25.2. The van der Waals surface area contributed by atoms with Gasteiger partial charge in [0.15, 0.2) is 5.01 Å². The molecule has 196 valence electrons. The molecule has 1 saturated heterocycles. The summed E-state index contributed by atoms with van der Waals surface area (Å²) < 4.78 is 5.18. The van der Waals surface area contributed by atoms with E-state index in [9.17, 15) is 14.4 Å². The van der Waals surface area contributed by atoms with Crippen molar-refractivity contribution in [3.63, 3.8) is 0 Å². The fraction of sp³-hybridized carbons (Fsp3) is 0.462. The highest BCUT2D eigenvalue weighted by atomic mass is 32.1. The smallest absolute Gasteiger partial charge is 0.409 e.